The fourth-order valence-corrected chi connectivity index (χ4v) is 5.02. The molecule has 1 N–H and O–H groups in total. The second-order valence-corrected chi connectivity index (χ2v) is 8.70. The predicted octanol–water partition coefficient (Wildman–Crippen LogP) is 3.08. The van der Waals surface area contributed by atoms with E-state index in [1.807, 2.05) is 12.1 Å². The third-order valence-corrected chi connectivity index (χ3v) is 6.71. The summed E-state index contributed by atoms with van der Waals surface area (Å²) in [6.45, 7) is 3.21. The number of ether oxygens (including phenoxy) is 2. The van der Waals surface area contributed by atoms with Crippen LogP contribution in [0, 0.1) is 0 Å². The van der Waals surface area contributed by atoms with Crippen LogP contribution in [0.15, 0.2) is 18.2 Å². The van der Waals surface area contributed by atoms with Gasteiger partial charge in [0, 0.05) is 32.2 Å². The van der Waals surface area contributed by atoms with Crippen molar-refractivity contribution in [2.75, 3.05) is 33.3 Å². The summed E-state index contributed by atoms with van der Waals surface area (Å²) in [4.78, 5) is 17.5. The van der Waals surface area contributed by atoms with Crippen LogP contribution in [0.4, 0.5) is 0 Å². The minimum Gasteiger partial charge on any atom is -0.497 e. The van der Waals surface area contributed by atoms with E-state index in [1.165, 1.54) is 25.7 Å². The molecule has 1 aromatic carbocycles. The van der Waals surface area contributed by atoms with Crippen molar-refractivity contribution in [2.24, 2.45) is 0 Å². The fourth-order valence-electron chi connectivity index (χ4n) is 5.02. The van der Waals surface area contributed by atoms with Gasteiger partial charge in [-0.05, 0) is 56.7 Å². The van der Waals surface area contributed by atoms with Crippen molar-refractivity contribution in [1.29, 1.82) is 0 Å². The molecule has 29 heavy (non-hydrogen) atoms. The Balaban J connectivity index is 1.43. The normalized spacial score (nSPS) is 24.6. The van der Waals surface area contributed by atoms with Crippen LogP contribution in [-0.4, -0.2) is 72.4 Å². The first kappa shape index (κ1) is 20.5. The summed E-state index contributed by atoms with van der Waals surface area (Å²) in [5.41, 5.74) is 0.539. The molecule has 6 nitrogen and oxygen atoms in total. The molecule has 2 saturated heterocycles. The molecule has 2 aliphatic heterocycles. The Morgan fingerprint density at radius 2 is 1.79 bits per heavy atom. The molecule has 1 saturated carbocycles. The number of likely N-dealkylation sites (tertiary alicyclic amines) is 2. The Morgan fingerprint density at radius 1 is 1.03 bits per heavy atom. The predicted molar refractivity (Wildman–Crippen MR) is 112 cm³/mol. The van der Waals surface area contributed by atoms with Crippen LogP contribution in [0.25, 0.3) is 0 Å². The lowest BCUT2D eigenvalue weighted by atomic mass is 10.0. The van der Waals surface area contributed by atoms with Gasteiger partial charge in [-0.15, -0.1) is 0 Å². The number of aliphatic hydroxyl groups excluding tert-OH is 1. The van der Waals surface area contributed by atoms with Gasteiger partial charge < -0.3 is 24.4 Å². The van der Waals surface area contributed by atoms with Gasteiger partial charge in [-0.1, -0.05) is 12.8 Å². The van der Waals surface area contributed by atoms with Crippen LogP contribution in [0.1, 0.15) is 61.7 Å². The van der Waals surface area contributed by atoms with E-state index < -0.39 is 6.10 Å². The molecule has 6 heteroatoms. The van der Waals surface area contributed by atoms with Crippen LogP contribution in [0.2, 0.25) is 0 Å². The fraction of sp³-hybridized carbons (Fsp3) is 0.696. The van der Waals surface area contributed by atoms with Crippen molar-refractivity contribution in [2.45, 2.75) is 69.6 Å². The van der Waals surface area contributed by atoms with Crippen molar-refractivity contribution in [1.82, 2.24) is 9.80 Å². The van der Waals surface area contributed by atoms with Gasteiger partial charge >= 0.3 is 0 Å². The summed E-state index contributed by atoms with van der Waals surface area (Å²) >= 11 is 0. The molecule has 1 amide bonds. The van der Waals surface area contributed by atoms with Crippen LogP contribution in [0.5, 0.6) is 11.5 Å². The zero-order valence-corrected chi connectivity index (χ0v) is 17.5. The quantitative estimate of drug-likeness (QED) is 0.820. The number of rotatable bonds is 5. The number of carbonyl (C=O) groups is 1. The molecule has 0 radical (unpaired) electrons. The summed E-state index contributed by atoms with van der Waals surface area (Å²) in [7, 11) is 1.60. The molecule has 160 valence electrons. The number of carbonyl (C=O) groups excluding carboxylic acids is 1. The van der Waals surface area contributed by atoms with Crippen LogP contribution < -0.4 is 9.47 Å². The van der Waals surface area contributed by atoms with Crippen molar-refractivity contribution >= 4 is 5.91 Å². The molecular weight excluding hydrogens is 368 g/mol. The molecule has 1 aromatic rings. The first-order valence-electron chi connectivity index (χ1n) is 11.2. The molecule has 2 heterocycles. The number of nitrogens with zero attached hydrogens (tertiary/aromatic N) is 2. The molecule has 1 aliphatic carbocycles. The zero-order chi connectivity index (χ0) is 20.2. The second-order valence-electron chi connectivity index (χ2n) is 8.70. The lowest BCUT2D eigenvalue weighted by Gasteiger charge is -2.36. The molecule has 0 bridgehead atoms. The number of benzene rings is 1. The van der Waals surface area contributed by atoms with Gasteiger partial charge in [-0.2, -0.15) is 0 Å². The third kappa shape index (κ3) is 4.86. The first-order chi connectivity index (χ1) is 14.1. The van der Waals surface area contributed by atoms with Crippen molar-refractivity contribution < 1.29 is 19.4 Å². The van der Waals surface area contributed by atoms with E-state index in [2.05, 4.69) is 4.90 Å². The number of methoxy groups -OCH3 is 1. The maximum atomic E-state index is 13.2. The molecular formula is C23H34N2O4. The highest BCUT2D eigenvalue weighted by Gasteiger charge is 2.30. The molecule has 3 fully saturated rings. The monoisotopic (exact) mass is 402 g/mol. The van der Waals surface area contributed by atoms with Gasteiger partial charge in [0.15, 0.2) is 0 Å². The zero-order valence-electron chi connectivity index (χ0n) is 17.5. The summed E-state index contributed by atoms with van der Waals surface area (Å²) < 4.78 is 11.7. The van der Waals surface area contributed by atoms with Crippen molar-refractivity contribution in [3.63, 3.8) is 0 Å². The molecule has 4 rings (SSSR count). The van der Waals surface area contributed by atoms with Crippen LogP contribution in [-0.2, 0) is 0 Å². The highest BCUT2D eigenvalue weighted by molar-refractivity contribution is 5.97. The maximum absolute atomic E-state index is 13.2. The summed E-state index contributed by atoms with van der Waals surface area (Å²) in [5, 5.41) is 9.97. The molecule has 1 atom stereocenters. The van der Waals surface area contributed by atoms with E-state index >= 15 is 0 Å². The SMILES string of the molecule is COc1ccc(OC2CCN(C3CCCC3)CC2)c(C(=O)N2CCCC(O)C2)c1. The highest BCUT2D eigenvalue weighted by atomic mass is 16.5. The molecule has 0 spiro atoms. The number of β-amino-alcohol motifs (C(OH)–C–C–N with tert-alkyl or cyclic N) is 1. The van der Waals surface area contributed by atoms with Gasteiger partial charge in [-0.25, -0.2) is 0 Å². The van der Waals surface area contributed by atoms with E-state index in [-0.39, 0.29) is 12.0 Å². The van der Waals surface area contributed by atoms with Crippen molar-refractivity contribution in [3.8, 4) is 11.5 Å². The van der Waals surface area contributed by atoms with Gasteiger partial charge in [-0.3, -0.25) is 4.79 Å². The Kier molecular flexibility index (Phi) is 6.60. The average molecular weight is 403 g/mol. The minimum absolute atomic E-state index is 0.0824. The largest absolute Gasteiger partial charge is 0.497 e. The Hall–Kier alpha value is -1.79. The summed E-state index contributed by atoms with van der Waals surface area (Å²) in [6, 6.07) is 6.24. The van der Waals surface area contributed by atoms with Gasteiger partial charge in [0.25, 0.3) is 5.91 Å². The number of hydrogen-bond acceptors (Lipinski definition) is 5. The van der Waals surface area contributed by atoms with Gasteiger partial charge in [0.2, 0.25) is 0 Å². The van der Waals surface area contributed by atoms with E-state index in [9.17, 15) is 9.90 Å². The average Bonchev–Trinajstić information content (AvgIpc) is 3.29. The Morgan fingerprint density at radius 3 is 2.48 bits per heavy atom. The smallest absolute Gasteiger partial charge is 0.257 e. The Labute approximate surface area is 173 Å². The van der Waals surface area contributed by atoms with E-state index in [0.29, 0.717) is 30.2 Å². The van der Waals surface area contributed by atoms with Gasteiger partial charge in [0.05, 0.1) is 18.8 Å². The Bertz CT molecular complexity index is 696. The third-order valence-electron chi connectivity index (χ3n) is 6.71. The molecule has 3 aliphatic rings. The standard InChI is InChI=1S/C23H34N2O4/c1-28-20-8-9-22(21(15-20)23(27)25-12-4-7-18(26)16-25)29-19-10-13-24(14-11-19)17-5-2-3-6-17/h8-9,15,17-19,26H,2-7,10-14,16H2,1H3. The van der Waals surface area contributed by atoms with E-state index in [0.717, 1.165) is 44.8 Å². The summed E-state index contributed by atoms with van der Waals surface area (Å²) in [5.74, 6) is 1.20. The number of hydrogen-bond donors (Lipinski definition) is 1. The number of aliphatic hydroxyl groups is 1. The van der Waals surface area contributed by atoms with Gasteiger partial charge in [0.1, 0.15) is 17.6 Å². The minimum atomic E-state index is -0.442. The van der Waals surface area contributed by atoms with Crippen LogP contribution in [0.3, 0.4) is 0 Å². The maximum Gasteiger partial charge on any atom is 0.257 e. The number of amides is 1. The lowest BCUT2D eigenvalue weighted by Crippen LogP contribution is -2.43. The van der Waals surface area contributed by atoms with E-state index in [1.54, 1.807) is 18.1 Å². The van der Waals surface area contributed by atoms with E-state index in [4.69, 9.17) is 9.47 Å². The van der Waals surface area contributed by atoms with Crippen LogP contribution >= 0.6 is 0 Å². The second kappa shape index (κ2) is 9.35. The first-order valence-corrected chi connectivity index (χ1v) is 11.2. The topological polar surface area (TPSA) is 62.2 Å². The summed E-state index contributed by atoms with van der Waals surface area (Å²) in [6.07, 6.45) is 8.68. The molecule has 0 aromatic heterocycles. The molecule has 1 unspecified atom stereocenters. The lowest BCUT2D eigenvalue weighted by molar-refractivity contribution is 0.0459. The van der Waals surface area contributed by atoms with Crippen molar-refractivity contribution in [3.05, 3.63) is 23.8 Å². The number of piperidine rings is 2. The highest BCUT2D eigenvalue weighted by Crippen LogP contribution is 2.31.